The van der Waals surface area contributed by atoms with Crippen LogP contribution in [0.5, 0.6) is 0 Å². The maximum Gasteiger partial charge on any atom is 0.494 e. The van der Waals surface area contributed by atoms with E-state index in [9.17, 15) is 0 Å². The summed E-state index contributed by atoms with van der Waals surface area (Å²) in [5, 5.41) is 0. The molecule has 220 valence electrons. The minimum absolute atomic E-state index is 0.396. The third-order valence-corrected chi connectivity index (χ3v) is 10.2. The molecule has 6 rings (SSSR count). The molecule has 2 aliphatic heterocycles. The fourth-order valence-corrected chi connectivity index (χ4v) is 6.12. The van der Waals surface area contributed by atoms with Crippen molar-refractivity contribution in [3.8, 4) is 0 Å². The zero-order valence-corrected chi connectivity index (χ0v) is 26.7. The molecule has 0 saturated carbocycles. The Balaban J connectivity index is 1.47. The minimum atomic E-state index is -0.564. The van der Waals surface area contributed by atoms with E-state index in [2.05, 4.69) is 165 Å². The van der Waals surface area contributed by atoms with Gasteiger partial charge in [-0.1, -0.05) is 109 Å². The Kier molecular flexibility index (Phi) is 7.29. The zero-order chi connectivity index (χ0) is 30.7. The summed E-state index contributed by atoms with van der Waals surface area (Å²) in [7, 11) is -0.831. The topological polar surface area (TPSA) is 36.9 Å². The molecule has 4 aromatic carbocycles. The highest BCUT2D eigenvalue weighted by atomic mass is 16.7. The quantitative estimate of drug-likeness (QED) is 0.191. The molecule has 2 saturated heterocycles. The Morgan fingerprint density at radius 2 is 0.628 bits per heavy atom. The Hall–Kier alpha value is -3.15. The molecule has 0 aromatic heterocycles. The van der Waals surface area contributed by atoms with Gasteiger partial charge in [-0.25, -0.2) is 0 Å². The maximum absolute atomic E-state index is 6.37. The van der Waals surface area contributed by atoms with Crippen LogP contribution in [0.25, 0.3) is 0 Å². The first kappa shape index (κ1) is 29.9. The van der Waals surface area contributed by atoms with E-state index in [-0.39, 0.29) is 0 Å². The van der Waals surface area contributed by atoms with Gasteiger partial charge in [0.25, 0.3) is 0 Å². The van der Waals surface area contributed by atoms with E-state index in [1.807, 2.05) is 0 Å². The summed E-state index contributed by atoms with van der Waals surface area (Å²) >= 11 is 0. The number of rotatable bonds is 6. The fourth-order valence-electron chi connectivity index (χ4n) is 6.12. The molecule has 0 N–H and O–H groups in total. The van der Waals surface area contributed by atoms with Crippen LogP contribution in [0, 0.1) is 0 Å². The van der Waals surface area contributed by atoms with Crippen molar-refractivity contribution in [2.75, 3.05) is 0 Å². The lowest BCUT2D eigenvalue weighted by molar-refractivity contribution is 0.00578. The first-order valence-electron chi connectivity index (χ1n) is 15.3. The average molecular weight is 572 g/mol. The molecule has 6 heteroatoms. The average Bonchev–Trinajstić information content (AvgIpc) is 3.34. The van der Waals surface area contributed by atoms with Crippen molar-refractivity contribution in [3.63, 3.8) is 0 Å². The van der Waals surface area contributed by atoms with Crippen molar-refractivity contribution in [3.05, 3.63) is 131 Å². The minimum Gasteiger partial charge on any atom is -0.399 e. The second-order valence-electron chi connectivity index (χ2n) is 13.9. The van der Waals surface area contributed by atoms with Crippen molar-refractivity contribution in [2.24, 2.45) is 0 Å². The first-order valence-corrected chi connectivity index (χ1v) is 15.3. The normalized spacial score (nSPS) is 20.4. The SMILES string of the molecule is CC1(C)OB(c2ccc(C(c3ccccc3)(c3ccccc3)c3ccc(B4OC(C)(C)C(C)(C)O4)cc3)cc2)OC1(C)C. The molecule has 0 atom stereocenters. The van der Waals surface area contributed by atoms with Gasteiger partial charge in [-0.3, -0.25) is 0 Å². The molecular formula is C37H42B2O4. The number of hydrogen-bond acceptors (Lipinski definition) is 4. The largest absolute Gasteiger partial charge is 0.494 e. The summed E-state index contributed by atoms with van der Waals surface area (Å²) in [6.45, 7) is 16.7. The smallest absolute Gasteiger partial charge is 0.399 e. The van der Waals surface area contributed by atoms with E-state index in [1.54, 1.807) is 0 Å². The molecule has 4 aromatic rings. The van der Waals surface area contributed by atoms with Crippen molar-refractivity contribution >= 4 is 25.2 Å². The van der Waals surface area contributed by atoms with Crippen LogP contribution in [-0.4, -0.2) is 36.6 Å². The van der Waals surface area contributed by atoms with E-state index in [4.69, 9.17) is 18.6 Å². The lowest BCUT2D eigenvalue weighted by Crippen LogP contribution is -2.41. The monoisotopic (exact) mass is 572 g/mol. The van der Waals surface area contributed by atoms with Gasteiger partial charge in [-0.15, -0.1) is 0 Å². The Morgan fingerprint density at radius 3 is 0.907 bits per heavy atom. The van der Waals surface area contributed by atoms with Gasteiger partial charge in [0.1, 0.15) is 0 Å². The van der Waals surface area contributed by atoms with Crippen LogP contribution in [0.15, 0.2) is 109 Å². The molecule has 2 fully saturated rings. The zero-order valence-electron chi connectivity index (χ0n) is 26.7. The molecule has 0 amide bonds. The van der Waals surface area contributed by atoms with Crippen LogP contribution in [0.3, 0.4) is 0 Å². The summed E-state index contributed by atoms with van der Waals surface area (Å²) in [5.74, 6) is 0. The highest BCUT2D eigenvalue weighted by Gasteiger charge is 2.53. The molecule has 0 radical (unpaired) electrons. The maximum atomic E-state index is 6.37. The number of benzene rings is 4. The summed E-state index contributed by atoms with van der Waals surface area (Å²) in [6, 6.07) is 39.0. The van der Waals surface area contributed by atoms with Crippen LogP contribution in [0.2, 0.25) is 0 Å². The number of hydrogen-bond donors (Lipinski definition) is 0. The van der Waals surface area contributed by atoms with Crippen molar-refractivity contribution in [1.82, 2.24) is 0 Å². The Bertz CT molecular complexity index is 1410. The van der Waals surface area contributed by atoms with Crippen molar-refractivity contribution in [1.29, 1.82) is 0 Å². The van der Waals surface area contributed by atoms with Crippen LogP contribution in [0.4, 0.5) is 0 Å². The van der Waals surface area contributed by atoms with Gasteiger partial charge in [0.05, 0.1) is 27.8 Å². The van der Waals surface area contributed by atoms with E-state index in [1.165, 1.54) is 11.1 Å². The first-order chi connectivity index (χ1) is 20.3. The van der Waals surface area contributed by atoms with Crippen molar-refractivity contribution < 1.29 is 18.6 Å². The lowest BCUT2D eigenvalue weighted by atomic mass is 9.64. The van der Waals surface area contributed by atoms with Gasteiger partial charge >= 0.3 is 14.2 Å². The molecule has 43 heavy (non-hydrogen) atoms. The molecule has 4 nitrogen and oxygen atoms in total. The molecule has 0 unspecified atom stereocenters. The third kappa shape index (κ3) is 4.99. The standard InChI is InChI=1S/C37H42B2O4/c1-33(2)34(3,4)41-38(40-33)31-23-19-29(20-24-31)37(27-15-11-9-12-16-27,28-17-13-10-14-18-28)30-21-25-32(26-22-30)39-42-35(5,6)36(7,8)43-39/h9-26H,1-8H3. The Labute approximate surface area is 258 Å². The second-order valence-corrected chi connectivity index (χ2v) is 13.9. The lowest BCUT2D eigenvalue weighted by Gasteiger charge is -2.37. The fraction of sp³-hybridized carbons (Fsp3) is 0.351. The molecule has 2 heterocycles. The van der Waals surface area contributed by atoms with Crippen molar-refractivity contribution in [2.45, 2.75) is 83.2 Å². The van der Waals surface area contributed by atoms with Gasteiger partial charge in [-0.05, 0) is 88.6 Å². The predicted molar refractivity (Wildman–Crippen MR) is 176 cm³/mol. The third-order valence-electron chi connectivity index (χ3n) is 10.2. The summed E-state index contributed by atoms with van der Waals surface area (Å²) < 4.78 is 25.5. The highest BCUT2D eigenvalue weighted by Crippen LogP contribution is 2.45. The summed E-state index contributed by atoms with van der Waals surface area (Å²) in [5.41, 5.74) is 4.57. The van der Waals surface area contributed by atoms with Gasteiger partial charge in [0, 0.05) is 0 Å². The van der Waals surface area contributed by atoms with E-state index >= 15 is 0 Å². The van der Waals surface area contributed by atoms with Crippen LogP contribution in [0.1, 0.15) is 77.6 Å². The van der Waals surface area contributed by atoms with Crippen LogP contribution >= 0.6 is 0 Å². The summed E-state index contributed by atoms with van der Waals surface area (Å²) in [6.07, 6.45) is 0. The van der Waals surface area contributed by atoms with Gasteiger partial charge < -0.3 is 18.6 Å². The van der Waals surface area contributed by atoms with Gasteiger partial charge in [0.15, 0.2) is 0 Å². The summed E-state index contributed by atoms with van der Waals surface area (Å²) in [4.78, 5) is 0. The molecule has 2 aliphatic rings. The molecule has 0 spiro atoms. The highest BCUT2D eigenvalue weighted by molar-refractivity contribution is 6.62. The van der Waals surface area contributed by atoms with E-state index in [0.29, 0.717) is 0 Å². The molecule has 0 aliphatic carbocycles. The van der Waals surface area contributed by atoms with Gasteiger partial charge in [-0.2, -0.15) is 0 Å². The second kappa shape index (κ2) is 10.5. The van der Waals surface area contributed by atoms with E-state index < -0.39 is 42.1 Å². The predicted octanol–water partition coefficient (Wildman–Crippen LogP) is 6.67. The molecule has 0 bridgehead atoms. The molecular weight excluding hydrogens is 530 g/mol. The van der Waals surface area contributed by atoms with E-state index in [0.717, 1.165) is 22.1 Å². The van der Waals surface area contributed by atoms with Gasteiger partial charge in [0.2, 0.25) is 0 Å². The van der Waals surface area contributed by atoms with Crippen LogP contribution < -0.4 is 10.9 Å². The van der Waals surface area contributed by atoms with Crippen LogP contribution in [-0.2, 0) is 24.0 Å². The Morgan fingerprint density at radius 1 is 0.372 bits per heavy atom.